The third kappa shape index (κ3) is 3.74. The van der Waals surface area contributed by atoms with Crippen LogP contribution in [0.3, 0.4) is 0 Å². The minimum Gasteiger partial charge on any atom is -0.496 e. The van der Waals surface area contributed by atoms with Crippen LogP contribution in [0, 0.1) is 0 Å². The number of aryl methyl sites for hydroxylation is 1. The molecule has 8 heteroatoms. The molecule has 1 atom stereocenters. The van der Waals surface area contributed by atoms with Gasteiger partial charge < -0.3 is 10.1 Å². The van der Waals surface area contributed by atoms with Crippen molar-refractivity contribution in [3.05, 3.63) is 42.4 Å². The van der Waals surface area contributed by atoms with Gasteiger partial charge in [0.2, 0.25) is 5.91 Å². The molecule has 1 aromatic carbocycles. The molecule has 0 radical (unpaired) electrons. The zero-order valence-corrected chi connectivity index (χ0v) is 15.1. The molecule has 0 aliphatic heterocycles. The number of carbonyl (C=O) groups is 1. The monoisotopic (exact) mass is 357 g/mol. The minimum atomic E-state index is -0.298. The van der Waals surface area contributed by atoms with E-state index in [-0.39, 0.29) is 11.2 Å². The summed E-state index contributed by atoms with van der Waals surface area (Å²) in [4.78, 5) is 20.9. The molecule has 1 amide bonds. The van der Waals surface area contributed by atoms with Crippen LogP contribution in [-0.2, 0) is 18.4 Å². The largest absolute Gasteiger partial charge is 0.496 e. The first-order chi connectivity index (χ1) is 12.1. The summed E-state index contributed by atoms with van der Waals surface area (Å²) in [6.45, 7) is 2.27. The fraction of sp³-hybridized carbons (Fsp3) is 0.294. The van der Waals surface area contributed by atoms with E-state index in [1.165, 1.54) is 18.1 Å². The van der Waals surface area contributed by atoms with Gasteiger partial charge in [-0.3, -0.25) is 9.48 Å². The van der Waals surface area contributed by atoms with Gasteiger partial charge in [-0.2, -0.15) is 5.10 Å². The standard InChI is InChI=1S/C17H19N5O2S/c1-11(16(23)18-8-12-6-4-5-7-14(12)24-3)25-17-13-9-21-22(2)15(13)19-10-20-17/h4-7,9-11H,8H2,1-3H3,(H,18,23). The molecular weight excluding hydrogens is 338 g/mol. The maximum absolute atomic E-state index is 12.4. The highest BCUT2D eigenvalue weighted by Crippen LogP contribution is 2.27. The van der Waals surface area contributed by atoms with Crippen LogP contribution in [0.25, 0.3) is 11.0 Å². The van der Waals surface area contributed by atoms with Gasteiger partial charge in [-0.25, -0.2) is 9.97 Å². The molecule has 130 valence electrons. The van der Waals surface area contributed by atoms with E-state index in [0.29, 0.717) is 6.54 Å². The number of methoxy groups -OCH3 is 1. The average Bonchev–Trinajstić information content (AvgIpc) is 3.02. The van der Waals surface area contributed by atoms with Crippen LogP contribution in [0.15, 0.2) is 41.8 Å². The lowest BCUT2D eigenvalue weighted by atomic mass is 10.2. The predicted molar refractivity (Wildman–Crippen MR) is 96.5 cm³/mol. The number of nitrogens with one attached hydrogen (secondary N) is 1. The van der Waals surface area contributed by atoms with E-state index in [9.17, 15) is 4.79 Å². The molecule has 0 aliphatic carbocycles. The lowest BCUT2D eigenvalue weighted by Gasteiger charge is -2.13. The van der Waals surface area contributed by atoms with Crippen LogP contribution in [-0.4, -0.2) is 38.0 Å². The fourth-order valence-corrected chi connectivity index (χ4v) is 3.33. The number of thioether (sulfide) groups is 1. The van der Waals surface area contributed by atoms with E-state index in [1.54, 1.807) is 18.0 Å². The first-order valence-corrected chi connectivity index (χ1v) is 8.67. The molecule has 7 nitrogen and oxygen atoms in total. The molecule has 0 bridgehead atoms. The molecule has 0 aliphatic rings. The number of carbonyl (C=O) groups excluding carboxylic acids is 1. The van der Waals surface area contributed by atoms with Gasteiger partial charge in [-0.1, -0.05) is 30.0 Å². The van der Waals surface area contributed by atoms with E-state index in [0.717, 1.165) is 27.4 Å². The van der Waals surface area contributed by atoms with Gasteiger partial charge in [-0.15, -0.1) is 0 Å². The Bertz CT molecular complexity index is 896. The van der Waals surface area contributed by atoms with E-state index in [4.69, 9.17) is 4.74 Å². The highest BCUT2D eigenvalue weighted by Gasteiger charge is 2.18. The van der Waals surface area contributed by atoms with Gasteiger partial charge in [-0.05, 0) is 13.0 Å². The van der Waals surface area contributed by atoms with Gasteiger partial charge in [0.1, 0.15) is 17.1 Å². The molecule has 25 heavy (non-hydrogen) atoms. The summed E-state index contributed by atoms with van der Waals surface area (Å²) in [6, 6.07) is 7.62. The van der Waals surface area contributed by atoms with Crippen molar-refractivity contribution in [1.82, 2.24) is 25.1 Å². The lowest BCUT2D eigenvalue weighted by Crippen LogP contribution is -2.30. The molecule has 0 fully saturated rings. The second-order valence-electron chi connectivity index (χ2n) is 5.47. The van der Waals surface area contributed by atoms with Crippen LogP contribution in [0.1, 0.15) is 12.5 Å². The quantitative estimate of drug-likeness (QED) is 0.538. The Morgan fingerprint density at radius 3 is 2.96 bits per heavy atom. The summed E-state index contributed by atoms with van der Waals surface area (Å²) in [7, 11) is 3.44. The van der Waals surface area contributed by atoms with Crippen molar-refractivity contribution in [3.63, 3.8) is 0 Å². The summed E-state index contributed by atoms with van der Waals surface area (Å²) in [5, 5.41) is 8.43. The van der Waals surface area contributed by atoms with Gasteiger partial charge in [0.25, 0.3) is 0 Å². The number of para-hydroxylation sites is 1. The highest BCUT2D eigenvalue weighted by atomic mass is 32.2. The maximum Gasteiger partial charge on any atom is 0.233 e. The SMILES string of the molecule is COc1ccccc1CNC(=O)C(C)Sc1ncnc2c1cnn2C. The number of fused-ring (bicyclic) bond motifs is 1. The van der Waals surface area contributed by atoms with Gasteiger partial charge in [0.15, 0.2) is 5.65 Å². The zero-order valence-electron chi connectivity index (χ0n) is 14.3. The molecule has 1 N–H and O–H groups in total. The minimum absolute atomic E-state index is 0.0634. The van der Waals surface area contributed by atoms with Crippen molar-refractivity contribution in [3.8, 4) is 5.75 Å². The molecule has 2 heterocycles. The Morgan fingerprint density at radius 1 is 1.36 bits per heavy atom. The number of hydrogen-bond acceptors (Lipinski definition) is 6. The van der Waals surface area contributed by atoms with Crippen molar-refractivity contribution in [2.24, 2.45) is 7.05 Å². The molecule has 0 spiro atoms. The summed E-state index contributed by atoms with van der Waals surface area (Å²) in [6.07, 6.45) is 3.21. The van der Waals surface area contributed by atoms with Crippen molar-refractivity contribution in [2.45, 2.75) is 23.7 Å². The van der Waals surface area contributed by atoms with Crippen LogP contribution in [0.4, 0.5) is 0 Å². The number of benzene rings is 1. The Kier molecular flexibility index (Phi) is 5.18. The third-order valence-electron chi connectivity index (χ3n) is 3.80. The first kappa shape index (κ1) is 17.2. The first-order valence-electron chi connectivity index (χ1n) is 7.79. The number of ether oxygens (including phenoxy) is 1. The maximum atomic E-state index is 12.4. The van der Waals surface area contributed by atoms with Crippen molar-refractivity contribution < 1.29 is 9.53 Å². The van der Waals surface area contributed by atoms with Crippen LogP contribution < -0.4 is 10.1 Å². The number of hydrogen-bond donors (Lipinski definition) is 1. The number of amides is 1. The smallest absolute Gasteiger partial charge is 0.233 e. The molecule has 2 aromatic heterocycles. The number of rotatable bonds is 6. The van der Waals surface area contributed by atoms with E-state index >= 15 is 0 Å². The van der Waals surface area contributed by atoms with Crippen LogP contribution >= 0.6 is 11.8 Å². The number of aromatic nitrogens is 4. The predicted octanol–water partition coefficient (Wildman–Crippen LogP) is 2.17. The molecule has 0 saturated heterocycles. The Labute approximate surface area is 149 Å². The average molecular weight is 357 g/mol. The molecule has 3 aromatic rings. The fourth-order valence-electron chi connectivity index (χ4n) is 2.43. The van der Waals surface area contributed by atoms with Gasteiger partial charge in [0, 0.05) is 19.2 Å². The Hall–Kier alpha value is -2.61. The van der Waals surface area contributed by atoms with Crippen LogP contribution in [0.5, 0.6) is 5.75 Å². The van der Waals surface area contributed by atoms with Gasteiger partial charge >= 0.3 is 0 Å². The molecule has 3 rings (SSSR count). The Balaban J connectivity index is 1.66. The Morgan fingerprint density at radius 2 is 2.16 bits per heavy atom. The van der Waals surface area contributed by atoms with Crippen LogP contribution in [0.2, 0.25) is 0 Å². The second-order valence-corrected chi connectivity index (χ2v) is 6.80. The van der Waals surface area contributed by atoms with E-state index in [1.807, 2.05) is 38.2 Å². The summed E-state index contributed by atoms with van der Waals surface area (Å²) in [5.74, 6) is 0.697. The summed E-state index contributed by atoms with van der Waals surface area (Å²) in [5.41, 5.74) is 1.69. The van der Waals surface area contributed by atoms with Crippen molar-refractivity contribution in [1.29, 1.82) is 0 Å². The lowest BCUT2D eigenvalue weighted by molar-refractivity contribution is -0.120. The van der Waals surface area contributed by atoms with Crippen molar-refractivity contribution >= 4 is 28.7 Å². The molecular formula is C17H19N5O2S. The zero-order chi connectivity index (χ0) is 17.8. The second kappa shape index (κ2) is 7.52. The highest BCUT2D eigenvalue weighted by molar-refractivity contribution is 8.00. The third-order valence-corrected chi connectivity index (χ3v) is 4.91. The molecule has 1 unspecified atom stereocenters. The van der Waals surface area contributed by atoms with Gasteiger partial charge in [0.05, 0.1) is 23.9 Å². The van der Waals surface area contributed by atoms with Crippen molar-refractivity contribution in [2.75, 3.05) is 7.11 Å². The normalized spacial score (nSPS) is 12.1. The summed E-state index contributed by atoms with van der Waals surface area (Å²) >= 11 is 1.39. The van der Waals surface area contributed by atoms with E-state index < -0.39 is 0 Å². The number of nitrogens with zero attached hydrogens (tertiary/aromatic N) is 4. The topological polar surface area (TPSA) is 81.9 Å². The van der Waals surface area contributed by atoms with E-state index in [2.05, 4.69) is 20.4 Å². The molecule has 0 saturated carbocycles. The summed E-state index contributed by atoms with van der Waals surface area (Å²) < 4.78 is 6.99.